The van der Waals surface area contributed by atoms with Crippen molar-refractivity contribution in [2.24, 2.45) is 9.98 Å². The molecule has 0 heterocycles. The van der Waals surface area contributed by atoms with E-state index < -0.39 is 0 Å². The number of aliphatic imine (C=N–C) groups is 2. The number of rotatable bonds is 4. The van der Waals surface area contributed by atoms with E-state index in [1.54, 1.807) is 48.5 Å². The van der Waals surface area contributed by atoms with Gasteiger partial charge in [-0.25, -0.2) is 0 Å². The number of para-hydroxylation sites is 4. The van der Waals surface area contributed by atoms with Crippen LogP contribution in [0, 0.1) is 0 Å². The van der Waals surface area contributed by atoms with E-state index in [0.717, 1.165) is 0 Å². The molecule has 0 atom stereocenters. The van der Waals surface area contributed by atoms with E-state index in [-0.39, 0.29) is 34.1 Å². The highest BCUT2D eigenvalue weighted by Gasteiger charge is 2.10. The fraction of sp³-hybridized carbons (Fsp3) is 0. The van der Waals surface area contributed by atoms with Crippen LogP contribution in [0.5, 0.6) is 23.0 Å². The summed E-state index contributed by atoms with van der Waals surface area (Å²) in [6.45, 7) is 0. The van der Waals surface area contributed by atoms with Gasteiger partial charge >= 0.3 is 0 Å². The Hall–Kier alpha value is -3.80. The Morgan fingerprint density at radius 2 is 0.923 bits per heavy atom. The van der Waals surface area contributed by atoms with Crippen LogP contribution in [0.25, 0.3) is 0 Å². The summed E-state index contributed by atoms with van der Waals surface area (Å²) in [6.07, 6.45) is 2.68. The second-order valence-corrected chi connectivity index (χ2v) is 5.44. The van der Waals surface area contributed by atoms with Crippen molar-refractivity contribution in [2.45, 2.75) is 0 Å². The first-order valence-corrected chi connectivity index (χ1v) is 7.75. The molecule has 0 aromatic heterocycles. The Bertz CT molecular complexity index is 916. The van der Waals surface area contributed by atoms with Crippen molar-refractivity contribution < 1.29 is 20.4 Å². The van der Waals surface area contributed by atoms with Gasteiger partial charge in [0, 0.05) is 23.6 Å². The highest BCUT2D eigenvalue weighted by molar-refractivity contribution is 5.93. The fourth-order valence-corrected chi connectivity index (χ4v) is 2.24. The van der Waals surface area contributed by atoms with Crippen molar-refractivity contribution in [1.29, 1.82) is 0 Å². The van der Waals surface area contributed by atoms with Gasteiger partial charge in [0.15, 0.2) is 11.5 Å². The van der Waals surface area contributed by atoms with Crippen molar-refractivity contribution in [3.63, 3.8) is 0 Å². The van der Waals surface area contributed by atoms with E-state index in [4.69, 9.17) is 0 Å². The minimum atomic E-state index is -0.356. The number of nitrogens with zero attached hydrogens (tertiary/aromatic N) is 2. The summed E-state index contributed by atoms with van der Waals surface area (Å²) in [7, 11) is 0. The second-order valence-electron chi connectivity index (χ2n) is 5.44. The zero-order valence-corrected chi connectivity index (χ0v) is 13.6. The average molecular weight is 348 g/mol. The first-order chi connectivity index (χ1) is 12.6. The van der Waals surface area contributed by atoms with Gasteiger partial charge in [-0.05, 0) is 36.4 Å². The number of phenols is 4. The molecule has 0 saturated carbocycles. The Balaban J connectivity index is 1.87. The topological polar surface area (TPSA) is 106 Å². The summed E-state index contributed by atoms with van der Waals surface area (Å²) in [5.74, 6) is -0.687. The Kier molecular flexibility index (Phi) is 4.85. The summed E-state index contributed by atoms with van der Waals surface area (Å²) in [4.78, 5) is 8.20. The Morgan fingerprint density at radius 3 is 1.31 bits per heavy atom. The van der Waals surface area contributed by atoms with E-state index in [2.05, 4.69) is 9.98 Å². The molecule has 6 heteroatoms. The van der Waals surface area contributed by atoms with Crippen LogP contribution in [0.4, 0.5) is 11.4 Å². The fourth-order valence-electron chi connectivity index (χ4n) is 2.24. The minimum Gasteiger partial charge on any atom is -0.506 e. The quantitative estimate of drug-likeness (QED) is 0.422. The van der Waals surface area contributed by atoms with Gasteiger partial charge in [0.25, 0.3) is 0 Å². The maximum absolute atomic E-state index is 10.2. The third-order valence-corrected chi connectivity index (χ3v) is 3.66. The molecule has 26 heavy (non-hydrogen) atoms. The predicted octanol–water partition coefficient (Wildman–Crippen LogP) is 4.01. The van der Waals surface area contributed by atoms with Gasteiger partial charge in [-0.2, -0.15) is 0 Å². The molecule has 130 valence electrons. The zero-order valence-electron chi connectivity index (χ0n) is 13.6. The largest absolute Gasteiger partial charge is 0.506 e. The number of hydrogen-bond donors (Lipinski definition) is 4. The van der Waals surface area contributed by atoms with Crippen LogP contribution in [0.2, 0.25) is 0 Å². The maximum atomic E-state index is 10.2. The minimum absolute atomic E-state index is 0.0129. The summed E-state index contributed by atoms with van der Waals surface area (Å²) < 4.78 is 0. The van der Waals surface area contributed by atoms with Crippen molar-refractivity contribution in [2.75, 3.05) is 0 Å². The predicted molar refractivity (Wildman–Crippen MR) is 100 cm³/mol. The molecule has 0 aliphatic carbocycles. The van der Waals surface area contributed by atoms with Crippen LogP contribution >= 0.6 is 0 Å². The normalized spacial score (nSPS) is 11.4. The lowest BCUT2D eigenvalue weighted by Gasteiger charge is -2.05. The molecule has 0 aliphatic rings. The number of phenolic OH excluding ortho intramolecular Hbond substituents is 4. The van der Waals surface area contributed by atoms with Crippen molar-refractivity contribution in [3.8, 4) is 23.0 Å². The second kappa shape index (κ2) is 7.40. The van der Waals surface area contributed by atoms with Crippen LogP contribution < -0.4 is 0 Å². The van der Waals surface area contributed by atoms with E-state index >= 15 is 0 Å². The third kappa shape index (κ3) is 3.64. The summed E-state index contributed by atoms with van der Waals surface area (Å²) >= 11 is 0. The molecule has 4 N–H and O–H groups in total. The van der Waals surface area contributed by atoms with Gasteiger partial charge in [-0.15, -0.1) is 0 Å². The molecule has 0 fully saturated rings. The van der Waals surface area contributed by atoms with Gasteiger partial charge in [-0.1, -0.05) is 24.3 Å². The monoisotopic (exact) mass is 348 g/mol. The molecule has 0 unspecified atom stereocenters. The summed E-state index contributed by atoms with van der Waals surface area (Å²) in [5, 5.41) is 39.7. The zero-order chi connectivity index (χ0) is 18.5. The van der Waals surface area contributed by atoms with Gasteiger partial charge in [0.2, 0.25) is 0 Å². The first-order valence-electron chi connectivity index (χ1n) is 7.75. The molecule has 3 rings (SSSR count). The average Bonchev–Trinajstić information content (AvgIpc) is 2.64. The van der Waals surface area contributed by atoms with Gasteiger partial charge in [-0.3, -0.25) is 9.98 Å². The lowest BCUT2D eigenvalue weighted by molar-refractivity contribution is 0.402. The first kappa shape index (κ1) is 17.0. The van der Waals surface area contributed by atoms with Crippen molar-refractivity contribution in [1.82, 2.24) is 0 Å². The molecular weight excluding hydrogens is 332 g/mol. The van der Waals surface area contributed by atoms with E-state index in [1.165, 1.54) is 24.6 Å². The van der Waals surface area contributed by atoms with E-state index in [1.807, 2.05) is 0 Å². The van der Waals surface area contributed by atoms with Crippen LogP contribution in [-0.4, -0.2) is 32.9 Å². The highest BCUT2D eigenvalue weighted by atomic mass is 16.3. The lowest BCUT2D eigenvalue weighted by atomic mass is 10.1. The molecule has 3 aromatic carbocycles. The highest BCUT2D eigenvalue weighted by Crippen LogP contribution is 2.33. The molecule has 6 nitrogen and oxygen atoms in total. The standard InChI is InChI=1S/C20H16N2O4/c23-17-7-3-1-5-15(17)21-11-13-9-10-14(20(26)19(13)25)12-22-16-6-2-4-8-18(16)24/h1-12,23-26H. The maximum Gasteiger partial charge on any atom is 0.167 e. The Labute approximate surface area is 149 Å². The summed E-state index contributed by atoms with van der Waals surface area (Å²) in [5.41, 5.74) is 1.25. The SMILES string of the molecule is Oc1ccccc1N=Cc1ccc(C=Nc2ccccc2O)c(O)c1O. The molecule has 3 aromatic rings. The van der Waals surface area contributed by atoms with Crippen LogP contribution in [-0.2, 0) is 0 Å². The van der Waals surface area contributed by atoms with Gasteiger partial charge in [0.05, 0.1) is 0 Å². The van der Waals surface area contributed by atoms with Crippen LogP contribution in [0.3, 0.4) is 0 Å². The molecule has 0 spiro atoms. The van der Waals surface area contributed by atoms with E-state index in [9.17, 15) is 20.4 Å². The Morgan fingerprint density at radius 1 is 0.538 bits per heavy atom. The van der Waals surface area contributed by atoms with Crippen LogP contribution in [0.1, 0.15) is 11.1 Å². The smallest absolute Gasteiger partial charge is 0.167 e. The van der Waals surface area contributed by atoms with E-state index in [0.29, 0.717) is 11.4 Å². The third-order valence-electron chi connectivity index (χ3n) is 3.66. The number of aromatic hydroxyl groups is 4. The molecule has 0 radical (unpaired) electrons. The van der Waals surface area contributed by atoms with Gasteiger partial charge < -0.3 is 20.4 Å². The van der Waals surface area contributed by atoms with Crippen molar-refractivity contribution >= 4 is 23.8 Å². The molecule has 0 bridgehead atoms. The van der Waals surface area contributed by atoms with Gasteiger partial charge in [0.1, 0.15) is 22.9 Å². The number of benzene rings is 3. The van der Waals surface area contributed by atoms with Crippen molar-refractivity contribution in [3.05, 3.63) is 71.8 Å². The lowest BCUT2D eigenvalue weighted by Crippen LogP contribution is -1.89. The molecule has 0 saturated heterocycles. The van der Waals surface area contributed by atoms with Crippen LogP contribution in [0.15, 0.2) is 70.6 Å². The molecular formula is C20H16N2O4. The molecule has 0 aliphatic heterocycles. The summed E-state index contributed by atoms with van der Waals surface area (Å²) in [6, 6.07) is 16.2. The molecule has 0 amide bonds. The number of hydrogen-bond acceptors (Lipinski definition) is 6.